The van der Waals surface area contributed by atoms with Gasteiger partial charge in [-0.3, -0.25) is 0 Å². The molecular weight excluding hydrogens is 204 g/mol. The van der Waals surface area contributed by atoms with Gasteiger partial charge in [0.1, 0.15) is 0 Å². The van der Waals surface area contributed by atoms with Gasteiger partial charge in [0.25, 0.3) is 0 Å². The van der Waals surface area contributed by atoms with Crippen molar-refractivity contribution in [3.63, 3.8) is 0 Å². The fraction of sp³-hybridized carbons (Fsp3) is 1.00. The summed E-state index contributed by atoms with van der Waals surface area (Å²) in [6.45, 7) is 16.9. The molecule has 0 aliphatic rings. The summed E-state index contributed by atoms with van der Waals surface area (Å²) in [5, 5.41) is 0. The Hall–Kier alpha value is 0.137. The first-order valence-electron chi connectivity index (χ1n) is 5.88. The highest BCUT2D eigenvalue weighted by Crippen LogP contribution is 2.27. The smallest absolute Gasteiger partial charge is 0.335 e. The van der Waals surface area contributed by atoms with Crippen LogP contribution in [0.5, 0.6) is 0 Å². The van der Waals surface area contributed by atoms with Crippen molar-refractivity contribution < 1.29 is 8.85 Å². The number of hydrogen-bond donors (Lipinski definition) is 0. The monoisotopic (exact) mass is 232 g/mol. The maximum absolute atomic E-state index is 6.16. The van der Waals surface area contributed by atoms with Gasteiger partial charge in [0.15, 0.2) is 0 Å². The quantitative estimate of drug-likeness (QED) is 0.679. The van der Waals surface area contributed by atoms with Crippen LogP contribution < -0.4 is 0 Å². The van der Waals surface area contributed by atoms with E-state index in [2.05, 4.69) is 55.0 Å². The predicted molar refractivity (Wildman–Crippen MR) is 68.4 cm³/mol. The van der Waals surface area contributed by atoms with Crippen molar-refractivity contribution in [2.24, 2.45) is 0 Å². The van der Waals surface area contributed by atoms with Gasteiger partial charge in [0.2, 0.25) is 0 Å². The zero-order valence-corrected chi connectivity index (χ0v) is 12.7. The van der Waals surface area contributed by atoms with E-state index in [1.807, 2.05) is 0 Å². The van der Waals surface area contributed by atoms with E-state index < -0.39 is 8.56 Å². The molecule has 0 radical (unpaired) electrons. The molecule has 0 aromatic carbocycles. The van der Waals surface area contributed by atoms with Crippen molar-refractivity contribution in [1.29, 1.82) is 0 Å². The standard InChI is InChI=1S/C12H28O2Si/c1-9-10-15(8,13-11(2,3)4)14-12(5,6)7/h9-10H2,1-8H3. The fourth-order valence-corrected chi connectivity index (χ4v) is 5.62. The molecular formula is C12H28O2Si. The van der Waals surface area contributed by atoms with Crippen LogP contribution in [-0.4, -0.2) is 19.8 Å². The van der Waals surface area contributed by atoms with Gasteiger partial charge in [-0.15, -0.1) is 0 Å². The lowest BCUT2D eigenvalue weighted by atomic mass is 10.2. The Labute approximate surface area is 96.6 Å². The van der Waals surface area contributed by atoms with Crippen molar-refractivity contribution >= 4 is 8.56 Å². The Morgan fingerprint density at radius 2 is 1.20 bits per heavy atom. The minimum Gasteiger partial charge on any atom is -0.389 e. The minimum absolute atomic E-state index is 0.110. The SMILES string of the molecule is CCC[Si](C)(OC(C)(C)C)OC(C)(C)C. The highest BCUT2D eigenvalue weighted by molar-refractivity contribution is 6.66. The van der Waals surface area contributed by atoms with Gasteiger partial charge in [0, 0.05) is 0 Å². The molecule has 0 N–H and O–H groups in total. The summed E-state index contributed by atoms with van der Waals surface area (Å²) in [6, 6.07) is 1.06. The first-order valence-corrected chi connectivity index (χ1v) is 8.40. The van der Waals surface area contributed by atoms with Crippen molar-refractivity contribution in [1.82, 2.24) is 0 Å². The Balaban J connectivity index is 4.59. The molecule has 0 fully saturated rings. The molecule has 0 aromatic heterocycles. The molecule has 0 aromatic rings. The second kappa shape index (κ2) is 4.98. The molecule has 0 aliphatic heterocycles. The van der Waals surface area contributed by atoms with Gasteiger partial charge in [-0.2, -0.15) is 0 Å². The van der Waals surface area contributed by atoms with Crippen LogP contribution in [0.2, 0.25) is 12.6 Å². The molecule has 0 aliphatic carbocycles. The first kappa shape index (κ1) is 15.1. The van der Waals surface area contributed by atoms with Gasteiger partial charge in [-0.1, -0.05) is 13.3 Å². The molecule has 0 amide bonds. The molecule has 0 bridgehead atoms. The number of hydrogen-bond acceptors (Lipinski definition) is 2. The van der Waals surface area contributed by atoms with Crippen molar-refractivity contribution in [2.75, 3.05) is 0 Å². The summed E-state index contributed by atoms with van der Waals surface area (Å²) in [6.07, 6.45) is 1.12. The van der Waals surface area contributed by atoms with Crippen LogP contribution in [0.25, 0.3) is 0 Å². The Kier molecular flexibility index (Phi) is 5.02. The minimum atomic E-state index is -2.02. The molecule has 0 spiro atoms. The summed E-state index contributed by atoms with van der Waals surface area (Å²) >= 11 is 0. The lowest BCUT2D eigenvalue weighted by Gasteiger charge is -2.39. The van der Waals surface area contributed by atoms with Gasteiger partial charge in [-0.05, 0) is 54.1 Å². The van der Waals surface area contributed by atoms with Crippen LogP contribution in [0.1, 0.15) is 54.9 Å². The molecule has 0 saturated heterocycles. The van der Waals surface area contributed by atoms with Gasteiger partial charge in [-0.25, -0.2) is 0 Å². The maximum atomic E-state index is 6.16. The van der Waals surface area contributed by atoms with E-state index in [0.717, 1.165) is 12.5 Å². The lowest BCUT2D eigenvalue weighted by molar-refractivity contribution is 0.0175. The molecule has 2 nitrogen and oxygen atoms in total. The highest BCUT2D eigenvalue weighted by Gasteiger charge is 2.38. The molecule has 15 heavy (non-hydrogen) atoms. The van der Waals surface area contributed by atoms with Crippen molar-refractivity contribution in [2.45, 2.75) is 78.7 Å². The van der Waals surface area contributed by atoms with Gasteiger partial charge in [0.05, 0.1) is 11.2 Å². The van der Waals surface area contributed by atoms with Crippen LogP contribution in [0, 0.1) is 0 Å². The molecule has 0 unspecified atom stereocenters. The third-order valence-electron chi connectivity index (χ3n) is 1.75. The largest absolute Gasteiger partial charge is 0.389 e. The predicted octanol–water partition coefficient (Wildman–Crippen LogP) is 4.10. The molecule has 0 heterocycles. The van der Waals surface area contributed by atoms with Crippen molar-refractivity contribution in [3.05, 3.63) is 0 Å². The van der Waals surface area contributed by atoms with E-state index in [0.29, 0.717) is 0 Å². The second-order valence-corrected chi connectivity index (χ2v) is 9.49. The summed E-state index contributed by atoms with van der Waals surface area (Å²) in [4.78, 5) is 0. The summed E-state index contributed by atoms with van der Waals surface area (Å²) in [7, 11) is -2.02. The summed E-state index contributed by atoms with van der Waals surface area (Å²) in [5.41, 5.74) is -0.219. The van der Waals surface area contributed by atoms with Crippen LogP contribution in [0.15, 0.2) is 0 Å². The zero-order chi connectivity index (χ0) is 12.3. The molecule has 92 valence electrons. The average molecular weight is 232 g/mol. The topological polar surface area (TPSA) is 18.5 Å². The van der Waals surface area contributed by atoms with Crippen LogP contribution in [-0.2, 0) is 8.85 Å². The van der Waals surface area contributed by atoms with E-state index >= 15 is 0 Å². The lowest BCUT2D eigenvalue weighted by Crippen LogP contribution is -2.49. The van der Waals surface area contributed by atoms with Crippen molar-refractivity contribution in [3.8, 4) is 0 Å². The van der Waals surface area contributed by atoms with Gasteiger partial charge >= 0.3 is 8.56 Å². The summed E-state index contributed by atoms with van der Waals surface area (Å²) < 4.78 is 12.3. The molecule has 3 heteroatoms. The number of rotatable bonds is 4. The summed E-state index contributed by atoms with van der Waals surface area (Å²) in [5.74, 6) is 0. The van der Waals surface area contributed by atoms with Crippen LogP contribution in [0.4, 0.5) is 0 Å². The van der Waals surface area contributed by atoms with E-state index in [9.17, 15) is 0 Å². The molecule has 0 rings (SSSR count). The Morgan fingerprint density at radius 3 is 1.40 bits per heavy atom. The van der Waals surface area contributed by atoms with E-state index in [1.54, 1.807) is 0 Å². The van der Waals surface area contributed by atoms with E-state index in [4.69, 9.17) is 8.85 Å². The molecule has 0 atom stereocenters. The van der Waals surface area contributed by atoms with E-state index in [1.165, 1.54) is 0 Å². The van der Waals surface area contributed by atoms with E-state index in [-0.39, 0.29) is 11.2 Å². The fourth-order valence-electron chi connectivity index (χ4n) is 1.87. The Morgan fingerprint density at radius 1 is 0.867 bits per heavy atom. The normalized spacial score (nSPS) is 14.4. The first-order chi connectivity index (χ1) is 6.47. The molecule has 0 saturated carbocycles. The third kappa shape index (κ3) is 8.00. The van der Waals surface area contributed by atoms with Crippen LogP contribution >= 0.6 is 0 Å². The second-order valence-electron chi connectivity index (χ2n) is 6.31. The maximum Gasteiger partial charge on any atom is 0.335 e. The average Bonchev–Trinajstić information content (AvgIpc) is 1.74. The van der Waals surface area contributed by atoms with Gasteiger partial charge < -0.3 is 8.85 Å². The zero-order valence-electron chi connectivity index (χ0n) is 11.7. The van der Waals surface area contributed by atoms with Crippen LogP contribution in [0.3, 0.4) is 0 Å². The Bertz CT molecular complexity index is 173. The third-order valence-corrected chi connectivity index (χ3v) is 5.24. The highest BCUT2D eigenvalue weighted by atomic mass is 28.4.